The summed E-state index contributed by atoms with van der Waals surface area (Å²) >= 11 is 0. The number of rotatable bonds is 4. The van der Waals surface area contributed by atoms with Crippen LogP contribution in [0, 0.1) is 0 Å². The first kappa shape index (κ1) is 21.7. The molecule has 0 aliphatic carbocycles. The van der Waals surface area contributed by atoms with Crippen molar-refractivity contribution in [2.24, 2.45) is 0 Å². The zero-order valence-corrected chi connectivity index (χ0v) is 20.1. The van der Waals surface area contributed by atoms with Crippen LogP contribution < -0.4 is 9.64 Å². The average Bonchev–Trinajstić information content (AvgIpc) is 2.95. The first-order chi connectivity index (χ1) is 17.7. The van der Waals surface area contributed by atoms with Crippen LogP contribution in [0.15, 0.2) is 109 Å². The molecule has 5 heteroatoms. The summed E-state index contributed by atoms with van der Waals surface area (Å²) in [5.74, 6) is 3.65. The molecule has 2 heterocycles. The molecule has 0 saturated heterocycles. The Morgan fingerprint density at radius 1 is 0.639 bits per heavy atom. The van der Waals surface area contributed by atoms with E-state index >= 15 is 0 Å². The van der Waals surface area contributed by atoms with Gasteiger partial charge in [0.05, 0.1) is 11.4 Å². The van der Waals surface area contributed by atoms with E-state index in [0.717, 1.165) is 45.3 Å². The Labute approximate surface area is 210 Å². The van der Waals surface area contributed by atoms with Crippen molar-refractivity contribution in [2.45, 2.75) is 13.8 Å². The van der Waals surface area contributed by atoms with Gasteiger partial charge < -0.3 is 9.64 Å². The molecule has 0 atom stereocenters. The van der Waals surface area contributed by atoms with Gasteiger partial charge in [-0.1, -0.05) is 60.7 Å². The third kappa shape index (κ3) is 3.91. The Bertz CT molecular complexity index is 1530. The number of hydrogen-bond acceptors (Lipinski definition) is 5. The standard InChI is InChI=1S/C31H24N4O/c1-3-21(2)29-32-30(22-11-5-4-6-12-22)34-31(33-29)23-17-19-24(20-18-23)35-25-13-7-9-15-27(25)36-28-16-10-8-14-26(28)35/h3-20H,1-2H3/b21-3+. The van der Waals surface area contributed by atoms with E-state index in [0.29, 0.717) is 17.5 Å². The van der Waals surface area contributed by atoms with Crippen LogP contribution in [-0.2, 0) is 0 Å². The third-order valence-corrected chi connectivity index (χ3v) is 6.27. The molecular formula is C31H24N4O. The third-order valence-electron chi connectivity index (χ3n) is 6.27. The van der Waals surface area contributed by atoms with E-state index in [2.05, 4.69) is 41.3 Å². The van der Waals surface area contributed by atoms with Crippen molar-refractivity contribution in [3.8, 4) is 34.3 Å². The molecule has 0 bridgehead atoms. The smallest absolute Gasteiger partial charge is 0.164 e. The predicted octanol–water partition coefficient (Wildman–Crippen LogP) is 8.20. The molecule has 0 N–H and O–H groups in total. The minimum absolute atomic E-state index is 0.648. The van der Waals surface area contributed by atoms with Crippen LogP contribution in [0.1, 0.15) is 19.7 Å². The summed E-state index contributed by atoms with van der Waals surface area (Å²) in [6, 6.07) is 34.5. The lowest BCUT2D eigenvalue weighted by Crippen LogP contribution is -2.15. The molecule has 0 saturated carbocycles. The molecule has 5 nitrogen and oxygen atoms in total. The van der Waals surface area contributed by atoms with Crippen LogP contribution in [0.2, 0.25) is 0 Å². The number of nitrogens with zero attached hydrogens (tertiary/aromatic N) is 4. The van der Waals surface area contributed by atoms with Crippen molar-refractivity contribution < 1.29 is 4.74 Å². The Hall–Kier alpha value is -4.77. The van der Waals surface area contributed by atoms with Crippen LogP contribution in [0.25, 0.3) is 28.3 Å². The van der Waals surface area contributed by atoms with Crippen LogP contribution in [0.4, 0.5) is 17.1 Å². The summed E-state index contributed by atoms with van der Waals surface area (Å²) in [4.78, 5) is 16.6. The molecule has 0 unspecified atom stereocenters. The molecule has 1 aliphatic heterocycles. The molecule has 4 aromatic carbocycles. The van der Waals surface area contributed by atoms with Gasteiger partial charge in [0.2, 0.25) is 0 Å². The summed E-state index contributed by atoms with van der Waals surface area (Å²) in [6.07, 6.45) is 2.02. The highest BCUT2D eigenvalue weighted by atomic mass is 16.5. The molecule has 0 spiro atoms. The summed E-state index contributed by atoms with van der Waals surface area (Å²) in [5, 5.41) is 0. The summed E-state index contributed by atoms with van der Waals surface area (Å²) in [5.41, 5.74) is 5.93. The second-order valence-corrected chi connectivity index (χ2v) is 8.56. The predicted molar refractivity (Wildman–Crippen MR) is 145 cm³/mol. The van der Waals surface area contributed by atoms with Gasteiger partial charge in [-0.15, -0.1) is 0 Å². The fourth-order valence-corrected chi connectivity index (χ4v) is 4.27. The van der Waals surface area contributed by atoms with Gasteiger partial charge in [0, 0.05) is 16.8 Å². The SMILES string of the molecule is C/C=C(\C)c1nc(-c2ccccc2)nc(-c2ccc(N3c4ccccc4Oc4ccccc43)cc2)n1. The number of benzene rings is 4. The van der Waals surface area contributed by atoms with Crippen LogP contribution >= 0.6 is 0 Å². The van der Waals surface area contributed by atoms with Gasteiger partial charge in [-0.05, 0) is 68.0 Å². The van der Waals surface area contributed by atoms with Gasteiger partial charge in [0.15, 0.2) is 29.0 Å². The highest BCUT2D eigenvalue weighted by molar-refractivity contribution is 5.86. The first-order valence-electron chi connectivity index (χ1n) is 11.9. The topological polar surface area (TPSA) is 51.1 Å². The van der Waals surface area contributed by atoms with Gasteiger partial charge in [-0.3, -0.25) is 0 Å². The molecule has 36 heavy (non-hydrogen) atoms. The molecule has 0 fully saturated rings. The number of fused-ring (bicyclic) bond motifs is 2. The maximum absolute atomic E-state index is 6.15. The van der Waals surface area contributed by atoms with E-state index in [1.54, 1.807) is 0 Å². The lowest BCUT2D eigenvalue weighted by Gasteiger charge is -2.32. The van der Waals surface area contributed by atoms with Crippen molar-refractivity contribution in [1.29, 1.82) is 0 Å². The van der Waals surface area contributed by atoms with Crippen molar-refractivity contribution in [3.05, 3.63) is 115 Å². The molecular weight excluding hydrogens is 444 g/mol. The Morgan fingerprint density at radius 2 is 1.17 bits per heavy atom. The van der Waals surface area contributed by atoms with Gasteiger partial charge in [-0.2, -0.15) is 0 Å². The number of hydrogen-bond donors (Lipinski definition) is 0. The highest BCUT2D eigenvalue weighted by Crippen LogP contribution is 2.50. The molecule has 0 radical (unpaired) electrons. The Balaban J connectivity index is 1.43. The second kappa shape index (κ2) is 9.12. The number of aromatic nitrogens is 3. The molecule has 174 valence electrons. The van der Waals surface area contributed by atoms with Gasteiger partial charge in [0.25, 0.3) is 0 Å². The average molecular weight is 469 g/mol. The van der Waals surface area contributed by atoms with Gasteiger partial charge in [-0.25, -0.2) is 15.0 Å². The van der Waals surface area contributed by atoms with Crippen molar-refractivity contribution in [3.63, 3.8) is 0 Å². The molecule has 0 amide bonds. The Kier molecular flexibility index (Phi) is 5.51. The van der Waals surface area contributed by atoms with E-state index in [1.165, 1.54) is 0 Å². The van der Waals surface area contributed by atoms with Crippen molar-refractivity contribution in [1.82, 2.24) is 15.0 Å². The highest BCUT2D eigenvalue weighted by Gasteiger charge is 2.25. The summed E-state index contributed by atoms with van der Waals surface area (Å²) in [6.45, 7) is 4.01. The van der Waals surface area contributed by atoms with Crippen molar-refractivity contribution in [2.75, 3.05) is 4.90 Å². The van der Waals surface area contributed by atoms with E-state index < -0.39 is 0 Å². The van der Waals surface area contributed by atoms with Crippen molar-refractivity contribution >= 4 is 22.6 Å². The summed E-state index contributed by atoms with van der Waals surface area (Å²) in [7, 11) is 0. The monoisotopic (exact) mass is 468 g/mol. The zero-order valence-electron chi connectivity index (χ0n) is 20.1. The summed E-state index contributed by atoms with van der Waals surface area (Å²) < 4.78 is 6.15. The van der Waals surface area contributed by atoms with Crippen LogP contribution in [0.5, 0.6) is 11.5 Å². The van der Waals surface area contributed by atoms with E-state index in [-0.39, 0.29) is 0 Å². The van der Waals surface area contributed by atoms with E-state index in [4.69, 9.17) is 19.7 Å². The molecule has 1 aromatic heterocycles. The molecule has 1 aliphatic rings. The van der Waals surface area contributed by atoms with Gasteiger partial charge in [0.1, 0.15) is 0 Å². The largest absolute Gasteiger partial charge is 0.453 e. The number of ether oxygens (including phenoxy) is 1. The lowest BCUT2D eigenvalue weighted by molar-refractivity contribution is 0.477. The fraction of sp³-hybridized carbons (Fsp3) is 0.0645. The maximum atomic E-state index is 6.15. The fourth-order valence-electron chi connectivity index (χ4n) is 4.27. The van der Waals surface area contributed by atoms with E-state index in [9.17, 15) is 0 Å². The Morgan fingerprint density at radius 3 is 1.75 bits per heavy atom. The number of allylic oxidation sites excluding steroid dienone is 2. The van der Waals surface area contributed by atoms with Crippen LogP contribution in [0.3, 0.4) is 0 Å². The number of para-hydroxylation sites is 4. The first-order valence-corrected chi connectivity index (χ1v) is 11.9. The van der Waals surface area contributed by atoms with E-state index in [1.807, 2.05) is 86.7 Å². The minimum Gasteiger partial charge on any atom is -0.453 e. The maximum Gasteiger partial charge on any atom is 0.164 e. The second-order valence-electron chi connectivity index (χ2n) is 8.56. The molecule has 5 aromatic rings. The zero-order chi connectivity index (χ0) is 24.5. The number of anilines is 3. The van der Waals surface area contributed by atoms with Gasteiger partial charge >= 0.3 is 0 Å². The quantitative estimate of drug-likeness (QED) is 0.261. The lowest BCUT2D eigenvalue weighted by atomic mass is 10.1. The normalized spacial score (nSPS) is 12.5. The molecule has 6 rings (SSSR count). The minimum atomic E-state index is 0.648. The van der Waals surface area contributed by atoms with Crippen LogP contribution in [-0.4, -0.2) is 15.0 Å².